The van der Waals surface area contributed by atoms with Crippen molar-refractivity contribution in [1.82, 2.24) is 15.5 Å². The molecular formula is C16H14N4O2. The minimum atomic E-state index is -0.350. The molecule has 2 N–H and O–H groups in total. The molecule has 0 saturated heterocycles. The Kier molecular flexibility index (Phi) is 4.10. The summed E-state index contributed by atoms with van der Waals surface area (Å²) in [6, 6.07) is 14.6. The monoisotopic (exact) mass is 294 g/mol. The van der Waals surface area contributed by atoms with E-state index in [0.29, 0.717) is 18.1 Å². The maximum Gasteiger partial charge on any atom is 0.320 e. The van der Waals surface area contributed by atoms with Crippen LogP contribution >= 0.6 is 0 Å². The number of pyridine rings is 1. The van der Waals surface area contributed by atoms with Crippen molar-refractivity contribution in [3.8, 4) is 11.3 Å². The van der Waals surface area contributed by atoms with Gasteiger partial charge in [-0.05, 0) is 11.6 Å². The van der Waals surface area contributed by atoms with Gasteiger partial charge in [0.25, 0.3) is 0 Å². The number of benzene rings is 1. The van der Waals surface area contributed by atoms with E-state index in [2.05, 4.69) is 20.8 Å². The van der Waals surface area contributed by atoms with Crippen LogP contribution in [-0.2, 0) is 6.54 Å². The van der Waals surface area contributed by atoms with Crippen molar-refractivity contribution >= 4 is 11.8 Å². The van der Waals surface area contributed by atoms with E-state index in [1.807, 2.05) is 42.5 Å². The second kappa shape index (κ2) is 6.53. The van der Waals surface area contributed by atoms with Crippen LogP contribution in [0.15, 0.2) is 65.4 Å². The van der Waals surface area contributed by atoms with Crippen molar-refractivity contribution in [3.05, 3.63) is 66.5 Å². The normalized spacial score (nSPS) is 10.2. The molecule has 3 rings (SSSR count). The number of rotatable bonds is 4. The van der Waals surface area contributed by atoms with Gasteiger partial charge in [0.05, 0.1) is 0 Å². The van der Waals surface area contributed by atoms with Crippen LogP contribution in [0.3, 0.4) is 0 Å². The predicted molar refractivity (Wildman–Crippen MR) is 82.0 cm³/mol. The number of amides is 2. The zero-order valence-electron chi connectivity index (χ0n) is 11.7. The zero-order chi connectivity index (χ0) is 15.2. The molecule has 0 radical (unpaired) electrons. The van der Waals surface area contributed by atoms with E-state index < -0.39 is 0 Å². The van der Waals surface area contributed by atoms with E-state index in [4.69, 9.17) is 4.52 Å². The Morgan fingerprint density at radius 2 is 2.00 bits per heavy atom. The van der Waals surface area contributed by atoms with Crippen molar-refractivity contribution in [2.75, 3.05) is 5.32 Å². The van der Waals surface area contributed by atoms with E-state index >= 15 is 0 Å². The average Bonchev–Trinajstić information content (AvgIpc) is 3.03. The summed E-state index contributed by atoms with van der Waals surface area (Å²) in [7, 11) is 0. The van der Waals surface area contributed by atoms with Crippen molar-refractivity contribution < 1.29 is 9.32 Å². The molecule has 0 spiro atoms. The van der Waals surface area contributed by atoms with Crippen molar-refractivity contribution in [2.24, 2.45) is 0 Å². The van der Waals surface area contributed by atoms with Gasteiger partial charge in [-0.25, -0.2) is 4.79 Å². The lowest BCUT2D eigenvalue weighted by atomic mass is 10.2. The highest BCUT2D eigenvalue weighted by Gasteiger charge is 2.09. The SMILES string of the molecule is O=C(NCc1cccnc1)Nc1cc(-c2ccccc2)on1. The summed E-state index contributed by atoms with van der Waals surface area (Å²) in [5.41, 5.74) is 1.82. The van der Waals surface area contributed by atoms with Crippen LogP contribution in [0.5, 0.6) is 0 Å². The van der Waals surface area contributed by atoms with Crippen LogP contribution in [-0.4, -0.2) is 16.2 Å². The first-order valence-corrected chi connectivity index (χ1v) is 6.77. The number of aromatic nitrogens is 2. The highest BCUT2D eigenvalue weighted by Crippen LogP contribution is 2.21. The number of anilines is 1. The summed E-state index contributed by atoms with van der Waals surface area (Å²) in [6.07, 6.45) is 3.38. The number of carbonyl (C=O) groups excluding carboxylic acids is 1. The predicted octanol–water partition coefficient (Wildman–Crippen LogP) is 3.06. The molecule has 6 heteroatoms. The quantitative estimate of drug-likeness (QED) is 0.775. The maximum atomic E-state index is 11.8. The van der Waals surface area contributed by atoms with Gasteiger partial charge in [0.2, 0.25) is 0 Å². The molecule has 2 amide bonds. The lowest BCUT2D eigenvalue weighted by Gasteiger charge is -2.04. The van der Waals surface area contributed by atoms with Crippen LogP contribution in [0, 0.1) is 0 Å². The Morgan fingerprint density at radius 1 is 1.14 bits per heavy atom. The molecule has 110 valence electrons. The minimum absolute atomic E-state index is 0.350. The number of carbonyl (C=O) groups is 1. The molecule has 0 aliphatic carbocycles. The molecule has 0 aliphatic rings. The molecule has 0 fully saturated rings. The Morgan fingerprint density at radius 3 is 2.77 bits per heavy atom. The maximum absolute atomic E-state index is 11.8. The van der Waals surface area contributed by atoms with Crippen LogP contribution < -0.4 is 10.6 Å². The van der Waals surface area contributed by atoms with Gasteiger partial charge in [0.1, 0.15) is 0 Å². The highest BCUT2D eigenvalue weighted by atomic mass is 16.5. The van der Waals surface area contributed by atoms with Crippen molar-refractivity contribution in [2.45, 2.75) is 6.54 Å². The molecule has 22 heavy (non-hydrogen) atoms. The van der Waals surface area contributed by atoms with Gasteiger partial charge in [-0.2, -0.15) is 0 Å². The first-order valence-electron chi connectivity index (χ1n) is 6.77. The van der Waals surface area contributed by atoms with Gasteiger partial charge in [-0.15, -0.1) is 0 Å². The number of hydrogen-bond acceptors (Lipinski definition) is 4. The third kappa shape index (κ3) is 3.49. The van der Waals surface area contributed by atoms with Crippen LogP contribution in [0.4, 0.5) is 10.6 Å². The molecule has 0 atom stereocenters. The fraction of sp³-hybridized carbons (Fsp3) is 0.0625. The van der Waals surface area contributed by atoms with Gasteiger partial charge in [0, 0.05) is 30.6 Å². The third-order valence-corrected chi connectivity index (χ3v) is 2.99. The number of urea groups is 1. The molecular weight excluding hydrogens is 280 g/mol. The van der Waals surface area contributed by atoms with E-state index in [9.17, 15) is 4.79 Å². The largest absolute Gasteiger partial charge is 0.354 e. The lowest BCUT2D eigenvalue weighted by Crippen LogP contribution is -2.28. The van der Waals surface area contributed by atoms with Gasteiger partial charge < -0.3 is 9.84 Å². The second-order valence-electron chi connectivity index (χ2n) is 4.61. The summed E-state index contributed by atoms with van der Waals surface area (Å²) in [6.45, 7) is 0.392. The first-order chi connectivity index (χ1) is 10.8. The molecule has 2 aromatic heterocycles. The van der Waals surface area contributed by atoms with E-state index in [-0.39, 0.29) is 6.03 Å². The summed E-state index contributed by atoms with van der Waals surface area (Å²) in [5, 5.41) is 9.18. The lowest BCUT2D eigenvalue weighted by molar-refractivity contribution is 0.251. The Bertz CT molecular complexity index is 741. The van der Waals surface area contributed by atoms with Gasteiger partial charge in [-0.3, -0.25) is 10.3 Å². The summed E-state index contributed by atoms with van der Waals surface area (Å²) in [5.74, 6) is 0.964. The molecule has 0 bridgehead atoms. The molecule has 0 unspecified atom stereocenters. The van der Waals surface area contributed by atoms with E-state index in [1.54, 1.807) is 18.5 Å². The molecule has 0 aliphatic heterocycles. The van der Waals surface area contributed by atoms with Gasteiger partial charge >= 0.3 is 6.03 Å². The Hall–Kier alpha value is -3.15. The van der Waals surface area contributed by atoms with Gasteiger partial charge in [0.15, 0.2) is 11.6 Å². The van der Waals surface area contributed by atoms with Crippen molar-refractivity contribution in [3.63, 3.8) is 0 Å². The van der Waals surface area contributed by atoms with Gasteiger partial charge in [-0.1, -0.05) is 41.6 Å². The zero-order valence-corrected chi connectivity index (χ0v) is 11.7. The molecule has 2 heterocycles. The van der Waals surface area contributed by atoms with E-state index in [1.165, 1.54) is 0 Å². The molecule has 3 aromatic rings. The fourth-order valence-electron chi connectivity index (χ4n) is 1.92. The smallest absolute Gasteiger partial charge is 0.320 e. The molecule has 0 saturated carbocycles. The highest BCUT2D eigenvalue weighted by molar-refractivity contribution is 5.88. The van der Waals surface area contributed by atoms with Crippen molar-refractivity contribution in [1.29, 1.82) is 0 Å². The van der Waals surface area contributed by atoms with E-state index in [0.717, 1.165) is 11.1 Å². The summed E-state index contributed by atoms with van der Waals surface area (Å²) in [4.78, 5) is 15.8. The number of nitrogens with one attached hydrogen (secondary N) is 2. The fourth-order valence-corrected chi connectivity index (χ4v) is 1.92. The van der Waals surface area contributed by atoms with Crippen LogP contribution in [0.25, 0.3) is 11.3 Å². The molecule has 1 aromatic carbocycles. The Labute approximate surface area is 127 Å². The number of nitrogens with zero attached hydrogens (tertiary/aromatic N) is 2. The minimum Gasteiger partial charge on any atom is -0.354 e. The van der Waals surface area contributed by atoms with Crippen LogP contribution in [0.1, 0.15) is 5.56 Å². The topological polar surface area (TPSA) is 80.0 Å². The second-order valence-corrected chi connectivity index (χ2v) is 4.61. The number of hydrogen-bond donors (Lipinski definition) is 2. The van der Waals surface area contributed by atoms with Crippen LogP contribution in [0.2, 0.25) is 0 Å². The third-order valence-electron chi connectivity index (χ3n) is 2.99. The Balaban J connectivity index is 1.57. The standard InChI is InChI=1S/C16H14N4O2/c21-16(18-11-12-5-4-8-17-10-12)19-15-9-14(22-20-15)13-6-2-1-3-7-13/h1-10H,11H2,(H2,18,19,20,21). The summed E-state index contributed by atoms with van der Waals surface area (Å²) >= 11 is 0. The summed E-state index contributed by atoms with van der Waals surface area (Å²) < 4.78 is 5.21. The first kappa shape index (κ1) is 13.8. The molecule has 6 nitrogen and oxygen atoms in total. The average molecular weight is 294 g/mol.